The number of carbonyl (C=O) groups excluding carboxylic acids is 1. The molecule has 1 aliphatic rings. The molecule has 0 aromatic rings. The largest absolute Gasteiger partial charge is 0.399 e. The Morgan fingerprint density at radius 3 is 3.00 bits per heavy atom. The minimum absolute atomic E-state index is 0.306. The Kier molecular flexibility index (Phi) is 4.30. The average Bonchev–Trinajstić information content (AvgIpc) is 2.41. The van der Waals surface area contributed by atoms with Gasteiger partial charge >= 0.3 is 0 Å². The Morgan fingerprint density at radius 1 is 1.71 bits per heavy atom. The smallest absolute Gasteiger partial charge is 0.236 e. The van der Waals surface area contributed by atoms with Crippen molar-refractivity contribution < 1.29 is 4.79 Å². The van der Waals surface area contributed by atoms with Crippen LogP contribution in [0.1, 0.15) is 12.8 Å². The second-order valence-corrected chi connectivity index (χ2v) is 3.52. The van der Waals surface area contributed by atoms with Crippen LogP contribution in [0, 0.1) is 0 Å². The van der Waals surface area contributed by atoms with Crippen LogP contribution in [-0.2, 0) is 4.79 Å². The molecule has 0 radical (unpaired) electrons. The van der Waals surface area contributed by atoms with Crippen molar-refractivity contribution in [3.05, 3.63) is 34.6 Å². The van der Waals surface area contributed by atoms with E-state index in [9.17, 15) is 4.79 Å². The number of aliphatic imine (C=N–C) groups is 1. The molecule has 0 bridgehead atoms. The Balaban J connectivity index is 3.06. The summed E-state index contributed by atoms with van der Waals surface area (Å²) in [6, 6.07) is -0.722. The Hall–Kier alpha value is -2.27. The predicted octanol–water partition coefficient (Wildman–Crippen LogP) is 1.30. The van der Waals surface area contributed by atoms with Crippen molar-refractivity contribution in [2.45, 2.75) is 18.9 Å². The lowest BCUT2D eigenvalue weighted by Gasteiger charge is -2.18. The van der Waals surface area contributed by atoms with Crippen molar-refractivity contribution in [3.8, 4) is 0 Å². The van der Waals surface area contributed by atoms with E-state index in [2.05, 4.69) is 21.6 Å². The van der Waals surface area contributed by atoms with Crippen LogP contribution in [0.15, 0.2) is 34.3 Å². The van der Waals surface area contributed by atoms with E-state index in [0.29, 0.717) is 24.4 Å². The molecule has 0 aromatic carbocycles. The van der Waals surface area contributed by atoms with Gasteiger partial charge in [-0.3, -0.25) is 9.69 Å². The summed E-state index contributed by atoms with van der Waals surface area (Å²) in [5.74, 6) is 0.0741. The fraction of sp³-hybridized carbons (Fsp3) is 0.400. The molecule has 0 fully saturated rings. The van der Waals surface area contributed by atoms with Crippen LogP contribution in [0.2, 0.25) is 0 Å². The molecule has 0 aliphatic carbocycles. The lowest BCUT2D eigenvalue weighted by atomic mass is 10.1. The fourth-order valence-corrected chi connectivity index (χ4v) is 1.53. The summed E-state index contributed by atoms with van der Waals surface area (Å²) < 4.78 is 0. The highest BCUT2D eigenvalue weighted by molar-refractivity contribution is 5.84. The first-order chi connectivity index (χ1) is 8.11. The number of nitrogens with two attached hydrogens (primary N) is 1. The Morgan fingerprint density at radius 2 is 2.41 bits per heavy atom. The molecular formula is C10H14N6O. The highest BCUT2D eigenvalue weighted by atomic mass is 16.2. The maximum absolute atomic E-state index is 11.9. The summed E-state index contributed by atoms with van der Waals surface area (Å²) in [5.41, 5.74) is 14.7. The number of azide groups is 1. The predicted molar refractivity (Wildman–Crippen MR) is 64.8 cm³/mol. The number of hydrogen-bond donors (Lipinski definition) is 1. The van der Waals surface area contributed by atoms with Crippen molar-refractivity contribution in [1.29, 1.82) is 0 Å². The van der Waals surface area contributed by atoms with Gasteiger partial charge in [0.25, 0.3) is 0 Å². The van der Waals surface area contributed by atoms with Crippen molar-refractivity contribution in [1.82, 2.24) is 4.90 Å². The SMILES string of the molecule is C=CC=NC1=C(N)CCC(N=[N+]=[N-])C(=O)N1C. The molecule has 7 nitrogen and oxygen atoms in total. The standard InChI is InChI=1S/C10H14N6O/c1-3-6-13-9-7(11)4-5-8(14-15-12)10(17)16(9)2/h3,6,8H,1,4-5,11H2,2H3. The summed E-state index contributed by atoms with van der Waals surface area (Å²) >= 11 is 0. The van der Waals surface area contributed by atoms with Gasteiger partial charge < -0.3 is 5.73 Å². The molecule has 1 atom stereocenters. The molecule has 2 N–H and O–H groups in total. The molecule has 1 amide bonds. The van der Waals surface area contributed by atoms with Gasteiger partial charge in [-0.05, 0) is 18.4 Å². The van der Waals surface area contributed by atoms with Crippen molar-refractivity contribution in [2.24, 2.45) is 15.8 Å². The molecule has 90 valence electrons. The van der Waals surface area contributed by atoms with Crippen LogP contribution in [-0.4, -0.2) is 30.1 Å². The zero-order chi connectivity index (χ0) is 12.8. The first kappa shape index (κ1) is 12.8. The molecule has 1 heterocycles. The van der Waals surface area contributed by atoms with Crippen LogP contribution >= 0.6 is 0 Å². The van der Waals surface area contributed by atoms with E-state index in [0.717, 1.165) is 0 Å². The van der Waals surface area contributed by atoms with Gasteiger partial charge in [-0.2, -0.15) is 0 Å². The maximum Gasteiger partial charge on any atom is 0.236 e. The quantitative estimate of drug-likeness (QED) is 0.344. The first-order valence-corrected chi connectivity index (χ1v) is 5.07. The van der Waals surface area contributed by atoms with Crippen LogP contribution in [0.4, 0.5) is 0 Å². The third kappa shape index (κ3) is 2.85. The highest BCUT2D eigenvalue weighted by Gasteiger charge is 2.27. The molecule has 17 heavy (non-hydrogen) atoms. The number of amides is 1. The van der Waals surface area contributed by atoms with Crippen molar-refractivity contribution in [3.63, 3.8) is 0 Å². The second-order valence-electron chi connectivity index (χ2n) is 3.52. The minimum Gasteiger partial charge on any atom is -0.399 e. The molecule has 1 aliphatic heterocycles. The van der Waals surface area contributed by atoms with E-state index in [1.54, 1.807) is 7.05 Å². The van der Waals surface area contributed by atoms with Crippen molar-refractivity contribution in [2.75, 3.05) is 7.05 Å². The van der Waals surface area contributed by atoms with Gasteiger partial charge in [0.1, 0.15) is 6.04 Å². The number of rotatable bonds is 3. The summed E-state index contributed by atoms with van der Waals surface area (Å²) in [4.78, 5) is 19.9. The molecule has 0 aromatic heterocycles. The van der Waals surface area contributed by atoms with Gasteiger partial charge in [-0.15, -0.1) is 0 Å². The minimum atomic E-state index is -0.722. The highest BCUT2D eigenvalue weighted by Crippen LogP contribution is 2.21. The molecule has 7 heteroatoms. The lowest BCUT2D eigenvalue weighted by molar-refractivity contribution is -0.129. The normalized spacial score (nSPS) is 21.4. The van der Waals surface area contributed by atoms with Gasteiger partial charge in [0.15, 0.2) is 5.82 Å². The molecule has 0 saturated heterocycles. The number of hydrogen-bond acceptors (Lipinski definition) is 4. The fourth-order valence-electron chi connectivity index (χ4n) is 1.53. The molecule has 0 saturated carbocycles. The van der Waals surface area contributed by atoms with Gasteiger partial charge in [0, 0.05) is 18.2 Å². The third-order valence-corrected chi connectivity index (χ3v) is 2.40. The summed E-state index contributed by atoms with van der Waals surface area (Å²) in [6.07, 6.45) is 3.81. The van der Waals surface area contributed by atoms with E-state index in [1.807, 2.05) is 0 Å². The summed E-state index contributed by atoms with van der Waals surface area (Å²) in [6.45, 7) is 3.50. The summed E-state index contributed by atoms with van der Waals surface area (Å²) in [5, 5.41) is 3.46. The van der Waals surface area contributed by atoms with Crippen molar-refractivity contribution >= 4 is 12.1 Å². The van der Waals surface area contributed by atoms with E-state index in [-0.39, 0.29) is 5.91 Å². The summed E-state index contributed by atoms with van der Waals surface area (Å²) in [7, 11) is 1.55. The second kappa shape index (κ2) is 5.72. The van der Waals surface area contributed by atoms with Crippen LogP contribution in [0.3, 0.4) is 0 Å². The van der Waals surface area contributed by atoms with Crippen LogP contribution < -0.4 is 5.73 Å². The van der Waals surface area contributed by atoms with Crippen LogP contribution in [0.5, 0.6) is 0 Å². The molecule has 1 unspecified atom stereocenters. The van der Waals surface area contributed by atoms with Gasteiger partial charge in [0.2, 0.25) is 5.91 Å². The number of allylic oxidation sites excluding steroid dienone is 2. The number of likely N-dealkylation sites (N-methyl/N-ethyl adjacent to an activating group) is 1. The van der Waals surface area contributed by atoms with Gasteiger partial charge in [0.05, 0.1) is 5.70 Å². The first-order valence-electron chi connectivity index (χ1n) is 5.07. The lowest BCUT2D eigenvalue weighted by Crippen LogP contribution is -2.33. The number of nitrogens with zero attached hydrogens (tertiary/aromatic N) is 5. The zero-order valence-electron chi connectivity index (χ0n) is 9.58. The maximum atomic E-state index is 11.9. The van der Waals surface area contributed by atoms with Crippen LogP contribution in [0.25, 0.3) is 10.4 Å². The number of carbonyl (C=O) groups is 1. The molecular weight excluding hydrogens is 220 g/mol. The topological polar surface area (TPSA) is 107 Å². The zero-order valence-corrected chi connectivity index (χ0v) is 9.58. The monoisotopic (exact) mass is 234 g/mol. The van der Waals surface area contributed by atoms with Gasteiger partial charge in [-0.1, -0.05) is 17.8 Å². The van der Waals surface area contributed by atoms with E-state index < -0.39 is 6.04 Å². The Labute approximate surface area is 98.9 Å². The molecule has 1 rings (SSSR count). The van der Waals surface area contributed by atoms with E-state index >= 15 is 0 Å². The van der Waals surface area contributed by atoms with E-state index in [1.165, 1.54) is 17.2 Å². The Bertz CT molecular complexity index is 432. The molecule has 0 spiro atoms. The van der Waals surface area contributed by atoms with E-state index in [4.69, 9.17) is 11.3 Å². The third-order valence-electron chi connectivity index (χ3n) is 2.40. The average molecular weight is 234 g/mol. The van der Waals surface area contributed by atoms with Gasteiger partial charge in [-0.25, -0.2) is 4.99 Å².